The van der Waals surface area contributed by atoms with Gasteiger partial charge in [0.25, 0.3) is 0 Å². The highest BCUT2D eigenvalue weighted by molar-refractivity contribution is 7.92. The number of aryl methyl sites for hydroxylation is 1. The van der Waals surface area contributed by atoms with Gasteiger partial charge < -0.3 is 21.1 Å². The van der Waals surface area contributed by atoms with Crippen LogP contribution in [0.1, 0.15) is 76.0 Å². The van der Waals surface area contributed by atoms with Gasteiger partial charge in [-0.25, -0.2) is 17.2 Å². The number of aliphatic hydroxyl groups excluding tert-OH is 1. The molecule has 0 bridgehead atoms. The Balaban J connectivity index is 0.00000705. The highest BCUT2D eigenvalue weighted by Crippen LogP contribution is 2.29. The van der Waals surface area contributed by atoms with Crippen LogP contribution in [0.15, 0.2) is 42.5 Å². The van der Waals surface area contributed by atoms with Gasteiger partial charge in [0.1, 0.15) is 17.7 Å². The fraction of sp³-hybridized carbons (Fsp3) is 0.576. The van der Waals surface area contributed by atoms with E-state index in [0.717, 1.165) is 35.7 Å². The van der Waals surface area contributed by atoms with Crippen molar-refractivity contribution in [1.29, 1.82) is 0 Å². The lowest BCUT2D eigenvalue weighted by atomic mass is 10.00. The normalized spacial score (nSPS) is 15.2. The van der Waals surface area contributed by atoms with Gasteiger partial charge in [-0.3, -0.25) is 9.59 Å². The lowest BCUT2D eigenvalue weighted by Crippen LogP contribution is -2.57. The molecule has 3 rings (SSSR count). The SMILES string of the molecule is CCCC(CCC)S(=O)(=O)C[C@@H](NC(=O)C1CC1)C(=O)N[C@@H](Cc1cc(F)cc(F)c1)[C@H](O)CNCc1cccc(CC)c1.Cl. The van der Waals surface area contributed by atoms with Crippen molar-refractivity contribution < 1.29 is 31.9 Å². The number of aliphatic hydroxyl groups is 1. The summed E-state index contributed by atoms with van der Waals surface area (Å²) < 4.78 is 54.9. The highest BCUT2D eigenvalue weighted by Gasteiger charge is 2.37. The predicted octanol–water partition coefficient (Wildman–Crippen LogP) is 4.41. The number of carbonyl (C=O) groups is 2. The van der Waals surface area contributed by atoms with Crippen LogP contribution in [0.4, 0.5) is 8.78 Å². The van der Waals surface area contributed by atoms with Crippen LogP contribution < -0.4 is 16.0 Å². The van der Waals surface area contributed by atoms with Crippen LogP contribution in [0.25, 0.3) is 0 Å². The number of hydrogen-bond acceptors (Lipinski definition) is 6. The Labute approximate surface area is 272 Å². The molecule has 8 nitrogen and oxygen atoms in total. The summed E-state index contributed by atoms with van der Waals surface area (Å²) in [4.78, 5) is 26.4. The van der Waals surface area contributed by atoms with Crippen molar-refractivity contribution in [2.75, 3.05) is 12.3 Å². The van der Waals surface area contributed by atoms with Crippen molar-refractivity contribution in [3.63, 3.8) is 0 Å². The predicted molar refractivity (Wildman–Crippen MR) is 175 cm³/mol. The van der Waals surface area contributed by atoms with Gasteiger partial charge in [0, 0.05) is 25.1 Å². The number of halogens is 3. The second kappa shape index (κ2) is 18.5. The highest BCUT2D eigenvalue weighted by atomic mass is 35.5. The maximum absolute atomic E-state index is 14.0. The van der Waals surface area contributed by atoms with E-state index in [0.29, 0.717) is 45.1 Å². The molecule has 1 fully saturated rings. The van der Waals surface area contributed by atoms with E-state index in [4.69, 9.17) is 0 Å². The van der Waals surface area contributed by atoms with E-state index in [-0.39, 0.29) is 42.8 Å². The monoisotopic (exact) mass is 671 g/mol. The van der Waals surface area contributed by atoms with E-state index in [9.17, 15) is 31.9 Å². The molecule has 0 aromatic heterocycles. The summed E-state index contributed by atoms with van der Waals surface area (Å²) in [6.07, 6.45) is 3.08. The number of benzene rings is 2. The van der Waals surface area contributed by atoms with E-state index >= 15 is 0 Å². The Morgan fingerprint density at radius 1 is 0.933 bits per heavy atom. The molecule has 0 saturated heterocycles. The summed E-state index contributed by atoms with van der Waals surface area (Å²) in [7, 11) is -3.77. The average Bonchev–Trinajstić information content (AvgIpc) is 3.82. The minimum atomic E-state index is -3.77. The van der Waals surface area contributed by atoms with Crippen LogP contribution in [-0.4, -0.2) is 61.1 Å². The van der Waals surface area contributed by atoms with E-state index in [1.54, 1.807) is 0 Å². The number of nitrogens with one attached hydrogen (secondary N) is 3. The smallest absolute Gasteiger partial charge is 0.243 e. The Morgan fingerprint density at radius 3 is 2.13 bits per heavy atom. The number of sulfone groups is 1. The Hall–Kier alpha value is -2.60. The number of rotatable bonds is 19. The molecule has 0 unspecified atom stereocenters. The lowest BCUT2D eigenvalue weighted by molar-refractivity contribution is -0.129. The summed E-state index contributed by atoms with van der Waals surface area (Å²) in [6.45, 7) is 6.32. The largest absolute Gasteiger partial charge is 0.390 e. The zero-order valence-corrected chi connectivity index (χ0v) is 28.0. The van der Waals surface area contributed by atoms with Crippen molar-refractivity contribution in [2.24, 2.45) is 5.92 Å². The molecule has 0 aliphatic heterocycles. The molecule has 4 N–H and O–H groups in total. The van der Waals surface area contributed by atoms with Crippen LogP contribution in [0.3, 0.4) is 0 Å². The second-order valence-corrected chi connectivity index (χ2v) is 14.2. The van der Waals surface area contributed by atoms with Crippen LogP contribution >= 0.6 is 12.4 Å². The molecule has 1 aliphatic rings. The molecule has 252 valence electrons. The minimum Gasteiger partial charge on any atom is -0.390 e. The first-order valence-electron chi connectivity index (χ1n) is 15.7. The first-order valence-corrected chi connectivity index (χ1v) is 17.4. The second-order valence-electron chi connectivity index (χ2n) is 11.8. The van der Waals surface area contributed by atoms with E-state index in [2.05, 4.69) is 22.9 Å². The quantitative estimate of drug-likeness (QED) is 0.176. The van der Waals surface area contributed by atoms with Crippen molar-refractivity contribution in [1.82, 2.24) is 16.0 Å². The molecule has 0 heterocycles. The first-order chi connectivity index (χ1) is 20.9. The molecule has 1 saturated carbocycles. The summed E-state index contributed by atoms with van der Waals surface area (Å²) in [5.41, 5.74) is 2.38. The minimum absolute atomic E-state index is 0. The number of amides is 2. The molecule has 45 heavy (non-hydrogen) atoms. The summed E-state index contributed by atoms with van der Waals surface area (Å²) in [5, 5.41) is 19.1. The zero-order valence-electron chi connectivity index (χ0n) is 26.4. The van der Waals surface area contributed by atoms with Crippen LogP contribution in [0.5, 0.6) is 0 Å². The topological polar surface area (TPSA) is 125 Å². The molecule has 0 spiro atoms. The molecule has 0 radical (unpaired) electrons. The Bertz CT molecular complexity index is 1330. The third-order valence-corrected chi connectivity index (χ3v) is 10.2. The van der Waals surface area contributed by atoms with Crippen molar-refractivity contribution >= 4 is 34.1 Å². The van der Waals surface area contributed by atoms with Crippen molar-refractivity contribution in [3.05, 3.63) is 70.8 Å². The summed E-state index contributed by atoms with van der Waals surface area (Å²) >= 11 is 0. The molecular formula is C33H48ClF2N3O5S. The van der Waals surface area contributed by atoms with Crippen molar-refractivity contribution in [3.8, 4) is 0 Å². The maximum atomic E-state index is 14.0. The number of hydrogen-bond donors (Lipinski definition) is 4. The molecule has 2 aromatic rings. The fourth-order valence-electron chi connectivity index (χ4n) is 5.35. The van der Waals surface area contributed by atoms with Gasteiger partial charge in [0.2, 0.25) is 11.8 Å². The summed E-state index contributed by atoms with van der Waals surface area (Å²) in [5.74, 6) is -3.60. The van der Waals surface area contributed by atoms with Gasteiger partial charge in [-0.2, -0.15) is 0 Å². The zero-order chi connectivity index (χ0) is 32.3. The maximum Gasteiger partial charge on any atom is 0.243 e. The van der Waals surface area contributed by atoms with Crippen molar-refractivity contribution in [2.45, 2.75) is 102 Å². The Morgan fingerprint density at radius 2 is 1.56 bits per heavy atom. The van der Waals surface area contributed by atoms with E-state index in [1.807, 2.05) is 38.1 Å². The molecule has 3 atom stereocenters. The van der Waals surface area contributed by atoms with E-state index in [1.165, 1.54) is 0 Å². The van der Waals surface area contributed by atoms with Crippen LogP contribution in [-0.2, 0) is 38.8 Å². The van der Waals surface area contributed by atoms with Crippen LogP contribution in [0, 0.1) is 17.6 Å². The fourth-order valence-corrected chi connectivity index (χ4v) is 7.51. The first kappa shape index (κ1) is 38.6. The van der Waals surface area contributed by atoms with Gasteiger partial charge in [-0.1, -0.05) is 57.9 Å². The molecule has 2 aromatic carbocycles. The molecule has 12 heteroatoms. The van der Waals surface area contributed by atoms with Gasteiger partial charge >= 0.3 is 0 Å². The van der Waals surface area contributed by atoms with Crippen LogP contribution in [0.2, 0.25) is 0 Å². The third kappa shape index (κ3) is 12.6. The summed E-state index contributed by atoms with van der Waals surface area (Å²) in [6, 6.07) is 8.52. The molecular weight excluding hydrogens is 624 g/mol. The number of carbonyl (C=O) groups excluding carboxylic acids is 2. The lowest BCUT2D eigenvalue weighted by Gasteiger charge is -2.28. The van der Waals surface area contributed by atoms with Gasteiger partial charge in [0.05, 0.1) is 23.1 Å². The van der Waals surface area contributed by atoms with Gasteiger partial charge in [-0.15, -0.1) is 12.4 Å². The van der Waals surface area contributed by atoms with E-state index < -0.39 is 56.6 Å². The standard InChI is InChI=1S/C33H47F2N3O5S.ClH/c1-4-8-28(9-5-2)44(42,43)21-30(38-32(40)25-12-13-25)33(41)37-29(17-24-15-26(34)18-27(35)16-24)31(39)20-36-19-23-11-7-10-22(6-3)14-23;/h7,10-11,14-16,18,25,28-31,36,39H,4-6,8-9,12-13,17,19-21H2,1-3H3,(H,37,41)(H,38,40);1H/t29-,30+,31+;/m0./s1. The third-order valence-electron chi connectivity index (χ3n) is 7.96. The molecule has 2 amide bonds. The Kier molecular flexibility index (Phi) is 15.9. The van der Waals surface area contributed by atoms with Gasteiger partial charge in [-0.05, 0) is 67.3 Å². The average molecular weight is 672 g/mol. The van der Waals surface area contributed by atoms with Gasteiger partial charge in [0.15, 0.2) is 9.84 Å². The molecule has 1 aliphatic carbocycles.